The Morgan fingerprint density at radius 2 is 1.96 bits per heavy atom. The molecule has 0 unspecified atom stereocenters. The molecular formula is C17H11Br2NO3. The third-order valence-electron chi connectivity index (χ3n) is 3.97. The van der Waals surface area contributed by atoms with Crippen LogP contribution in [0.3, 0.4) is 0 Å². The van der Waals surface area contributed by atoms with Gasteiger partial charge in [-0.25, -0.2) is 0 Å². The number of rotatable bonds is 3. The maximum absolute atomic E-state index is 13.1. The van der Waals surface area contributed by atoms with Crippen LogP contribution in [0, 0.1) is 0 Å². The molecule has 4 rings (SSSR count). The fourth-order valence-electron chi connectivity index (χ4n) is 2.67. The first kappa shape index (κ1) is 14.9. The van der Waals surface area contributed by atoms with Crippen LogP contribution in [0.5, 0.6) is 5.75 Å². The summed E-state index contributed by atoms with van der Waals surface area (Å²) in [7, 11) is 0. The Bertz CT molecular complexity index is 921. The lowest BCUT2D eigenvalue weighted by Gasteiger charge is -2.06. The van der Waals surface area contributed by atoms with Gasteiger partial charge in [0.1, 0.15) is 17.1 Å². The molecular weight excluding hydrogens is 426 g/mol. The number of benzene rings is 1. The van der Waals surface area contributed by atoms with Crippen LogP contribution in [0.25, 0.3) is 11.0 Å². The second-order valence-electron chi connectivity index (χ2n) is 5.61. The van der Waals surface area contributed by atoms with Gasteiger partial charge in [0.2, 0.25) is 0 Å². The molecule has 0 radical (unpaired) electrons. The molecule has 0 atom stereocenters. The molecule has 1 aromatic carbocycles. The molecule has 4 nitrogen and oxygen atoms in total. The normalized spacial score (nSPS) is 14.3. The van der Waals surface area contributed by atoms with Crippen LogP contribution in [0.2, 0.25) is 0 Å². The van der Waals surface area contributed by atoms with Crippen molar-refractivity contribution in [3.63, 3.8) is 0 Å². The Balaban J connectivity index is 1.91. The summed E-state index contributed by atoms with van der Waals surface area (Å²) in [5, 5.41) is 10.6. The van der Waals surface area contributed by atoms with E-state index < -0.39 is 0 Å². The van der Waals surface area contributed by atoms with Crippen molar-refractivity contribution in [2.24, 2.45) is 0 Å². The molecule has 0 saturated heterocycles. The zero-order valence-electron chi connectivity index (χ0n) is 11.8. The van der Waals surface area contributed by atoms with Gasteiger partial charge in [0.25, 0.3) is 0 Å². The summed E-state index contributed by atoms with van der Waals surface area (Å²) in [6.07, 6.45) is 5.40. The molecule has 1 aliphatic carbocycles. The summed E-state index contributed by atoms with van der Waals surface area (Å²) in [4.78, 5) is 17.2. The van der Waals surface area contributed by atoms with Crippen molar-refractivity contribution in [3.05, 3.63) is 56.4 Å². The Kier molecular flexibility index (Phi) is 3.54. The number of aromatic nitrogens is 1. The van der Waals surface area contributed by atoms with E-state index in [1.165, 1.54) is 0 Å². The molecule has 3 aromatic rings. The topological polar surface area (TPSA) is 63.3 Å². The summed E-state index contributed by atoms with van der Waals surface area (Å²) in [6.45, 7) is 0. The van der Waals surface area contributed by atoms with Gasteiger partial charge in [-0.05, 0) is 62.9 Å². The van der Waals surface area contributed by atoms with E-state index in [9.17, 15) is 9.90 Å². The van der Waals surface area contributed by atoms with Crippen molar-refractivity contribution in [1.82, 2.24) is 4.98 Å². The van der Waals surface area contributed by atoms with E-state index in [4.69, 9.17) is 4.42 Å². The van der Waals surface area contributed by atoms with E-state index in [1.54, 1.807) is 30.6 Å². The highest BCUT2D eigenvalue weighted by Crippen LogP contribution is 2.45. The maximum atomic E-state index is 13.1. The van der Waals surface area contributed by atoms with Crippen molar-refractivity contribution in [3.8, 4) is 5.75 Å². The van der Waals surface area contributed by atoms with Crippen molar-refractivity contribution < 1.29 is 14.3 Å². The molecule has 0 bridgehead atoms. The van der Waals surface area contributed by atoms with Crippen LogP contribution in [0.15, 0.2) is 44.0 Å². The lowest BCUT2D eigenvalue weighted by Crippen LogP contribution is -2.04. The molecule has 1 fully saturated rings. The lowest BCUT2D eigenvalue weighted by atomic mass is 9.99. The minimum absolute atomic E-state index is 0.0719. The van der Waals surface area contributed by atoms with Crippen molar-refractivity contribution in [2.75, 3.05) is 0 Å². The number of hydrogen-bond acceptors (Lipinski definition) is 4. The average Bonchev–Trinajstić information content (AvgIpc) is 3.31. The largest absolute Gasteiger partial charge is 0.506 e. The molecule has 0 amide bonds. The maximum Gasteiger partial charge on any atom is 0.197 e. The number of aromatic hydroxyl groups is 1. The summed E-state index contributed by atoms with van der Waals surface area (Å²) in [5.74, 6) is 1.01. The molecule has 2 heterocycles. The fraction of sp³-hybridized carbons (Fsp3) is 0.176. The third-order valence-corrected chi connectivity index (χ3v) is 5.18. The number of carbonyl (C=O) groups excluding carboxylic acids is 1. The molecule has 23 heavy (non-hydrogen) atoms. The van der Waals surface area contributed by atoms with E-state index >= 15 is 0 Å². The highest BCUT2D eigenvalue weighted by Gasteiger charge is 2.34. The van der Waals surface area contributed by atoms with Crippen LogP contribution in [-0.4, -0.2) is 15.9 Å². The number of fused-ring (bicyclic) bond motifs is 1. The zero-order valence-corrected chi connectivity index (χ0v) is 15.0. The number of ketones is 1. The number of phenols is 1. The predicted molar refractivity (Wildman–Crippen MR) is 92.9 cm³/mol. The molecule has 116 valence electrons. The van der Waals surface area contributed by atoms with Crippen molar-refractivity contribution in [1.29, 1.82) is 0 Å². The Hall–Kier alpha value is -1.66. The summed E-state index contributed by atoms with van der Waals surface area (Å²) in [5.41, 5.74) is 1.75. The zero-order chi connectivity index (χ0) is 16.1. The van der Waals surface area contributed by atoms with Gasteiger partial charge >= 0.3 is 0 Å². The number of phenolic OH excluding ortho intramolecular Hbond substituents is 1. The van der Waals surface area contributed by atoms with Gasteiger partial charge in [-0.3, -0.25) is 9.78 Å². The fourth-order valence-corrected chi connectivity index (χ4v) is 3.86. The van der Waals surface area contributed by atoms with E-state index in [1.807, 2.05) is 0 Å². The molecule has 0 spiro atoms. The first-order valence-electron chi connectivity index (χ1n) is 7.15. The number of halogens is 2. The molecule has 2 aromatic heterocycles. The molecule has 1 aliphatic rings. The number of pyridine rings is 1. The van der Waals surface area contributed by atoms with E-state index in [2.05, 4.69) is 36.8 Å². The molecule has 1 saturated carbocycles. The van der Waals surface area contributed by atoms with Gasteiger partial charge in [0.05, 0.1) is 19.9 Å². The van der Waals surface area contributed by atoms with Crippen molar-refractivity contribution >= 4 is 48.6 Å². The monoisotopic (exact) mass is 435 g/mol. The van der Waals surface area contributed by atoms with Crippen LogP contribution in [0.4, 0.5) is 0 Å². The molecule has 1 N–H and O–H groups in total. The Morgan fingerprint density at radius 1 is 1.26 bits per heavy atom. The van der Waals surface area contributed by atoms with Gasteiger partial charge in [-0.2, -0.15) is 0 Å². The van der Waals surface area contributed by atoms with Gasteiger partial charge in [0.15, 0.2) is 5.78 Å². The Labute approximate surface area is 148 Å². The van der Waals surface area contributed by atoms with Gasteiger partial charge in [-0.15, -0.1) is 0 Å². The third kappa shape index (κ3) is 2.50. The quantitative estimate of drug-likeness (QED) is 0.575. The Morgan fingerprint density at radius 3 is 2.61 bits per heavy atom. The van der Waals surface area contributed by atoms with Crippen LogP contribution in [0.1, 0.15) is 40.4 Å². The van der Waals surface area contributed by atoms with E-state index in [-0.39, 0.29) is 11.5 Å². The first-order valence-corrected chi connectivity index (χ1v) is 8.74. The van der Waals surface area contributed by atoms with Crippen LogP contribution >= 0.6 is 31.9 Å². The SMILES string of the molecule is O=C(c1cc(Br)c(O)c(Br)c1)c1c(C2CC2)oc2ccncc12. The summed E-state index contributed by atoms with van der Waals surface area (Å²) in [6, 6.07) is 5.02. The highest BCUT2D eigenvalue weighted by molar-refractivity contribution is 9.11. The average molecular weight is 437 g/mol. The standard InChI is InChI=1S/C17H11Br2NO3/c18-11-5-9(6-12(19)16(11)22)15(21)14-10-7-20-4-3-13(10)23-17(14)8-1-2-8/h3-8,22H,1-2H2. The van der Waals surface area contributed by atoms with E-state index in [0.717, 1.165) is 24.0 Å². The van der Waals surface area contributed by atoms with Crippen LogP contribution < -0.4 is 0 Å². The molecule has 0 aliphatic heterocycles. The minimum atomic E-state index is -0.125. The van der Waals surface area contributed by atoms with Gasteiger partial charge in [-0.1, -0.05) is 0 Å². The first-order chi connectivity index (χ1) is 11.1. The van der Waals surface area contributed by atoms with Crippen molar-refractivity contribution in [2.45, 2.75) is 18.8 Å². The molecule has 6 heteroatoms. The lowest BCUT2D eigenvalue weighted by molar-refractivity contribution is 0.103. The van der Waals surface area contributed by atoms with Gasteiger partial charge < -0.3 is 9.52 Å². The predicted octanol–water partition coefficient (Wildman–Crippen LogP) is 5.17. The number of nitrogens with zero attached hydrogens (tertiary/aromatic N) is 1. The van der Waals surface area contributed by atoms with E-state index in [0.29, 0.717) is 31.6 Å². The second-order valence-corrected chi connectivity index (χ2v) is 7.31. The second kappa shape index (κ2) is 5.46. The summed E-state index contributed by atoms with van der Waals surface area (Å²) < 4.78 is 6.85. The summed E-state index contributed by atoms with van der Waals surface area (Å²) >= 11 is 6.54. The minimum Gasteiger partial charge on any atom is -0.506 e. The number of furan rings is 1. The smallest absolute Gasteiger partial charge is 0.197 e. The number of hydrogen-bond donors (Lipinski definition) is 1. The number of carbonyl (C=O) groups is 1. The van der Waals surface area contributed by atoms with Gasteiger partial charge in [0, 0.05) is 23.9 Å². The van der Waals surface area contributed by atoms with Crippen LogP contribution in [-0.2, 0) is 0 Å². The highest BCUT2D eigenvalue weighted by atomic mass is 79.9.